The van der Waals surface area contributed by atoms with Gasteiger partial charge in [0.1, 0.15) is 5.76 Å². The van der Waals surface area contributed by atoms with Crippen LogP contribution in [-0.2, 0) is 14.8 Å². The third-order valence-corrected chi connectivity index (χ3v) is 5.06. The van der Waals surface area contributed by atoms with E-state index in [0.29, 0.717) is 25.9 Å². The summed E-state index contributed by atoms with van der Waals surface area (Å²) in [6.45, 7) is 2.18. The van der Waals surface area contributed by atoms with E-state index in [-0.39, 0.29) is 22.3 Å². The van der Waals surface area contributed by atoms with Gasteiger partial charge in [-0.25, -0.2) is 13.1 Å². The summed E-state index contributed by atoms with van der Waals surface area (Å²) in [5.41, 5.74) is 0.183. The predicted octanol–water partition coefficient (Wildman–Crippen LogP) is 0.433. The van der Waals surface area contributed by atoms with Gasteiger partial charge in [-0.3, -0.25) is 9.59 Å². The average Bonchev–Trinajstić information content (AvgIpc) is 2.89. The third kappa shape index (κ3) is 3.14. The monoisotopic (exact) mass is 330 g/mol. The topological polar surface area (TPSA) is 117 Å². The zero-order chi connectivity index (χ0) is 16.5. The zero-order valence-electron chi connectivity index (χ0n) is 12.3. The number of carbonyl (C=O) groups is 2. The Morgan fingerprint density at radius 3 is 2.45 bits per heavy atom. The Labute approximate surface area is 128 Å². The molecule has 1 aliphatic heterocycles. The van der Waals surface area contributed by atoms with Crippen molar-refractivity contribution in [3.8, 4) is 0 Å². The smallest absolute Gasteiger partial charge is 0.306 e. The molecule has 9 heteroatoms. The molecule has 1 aromatic heterocycles. The molecule has 2 N–H and O–H groups in total. The van der Waals surface area contributed by atoms with Crippen molar-refractivity contribution in [1.82, 2.24) is 9.62 Å². The van der Waals surface area contributed by atoms with Gasteiger partial charge in [0.2, 0.25) is 5.09 Å². The molecule has 2 heterocycles. The molecular formula is C13H18N2O6S. The Morgan fingerprint density at radius 1 is 1.36 bits per heavy atom. The number of carbonyl (C=O) groups excluding carboxylic acids is 1. The Kier molecular flexibility index (Phi) is 4.57. The van der Waals surface area contributed by atoms with Crippen LogP contribution in [0.2, 0.25) is 0 Å². The van der Waals surface area contributed by atoms with Crippen LogP contribution in [0.4, 0.5) is 0 Å². The van der Waals surface area contributed by atoms with E-state index >= 15 is 0 Å². The SMILES string of the molecule is CNS(=O)(=O)c1cc(C(=O)N2CCC(C(=O)O)CC2)c(C)o1. The fourth-order valence-corrected chi connectivity index (χ4v) is 3.11. The van der Waals surface area contributed by atoms with E-state index in [0.717, 1.165) is 0 Å². The first-order valence-electron chi connectivity index (χ1n) is 6.82. The molecule has 0 atom stereocenters. The minimum absolute atomic E-state index is 0.183. The number of nitrogens with zero attached hydrogens (tertiary/aromatic N) is 1. The Hall–Kier alpha value is -1.87. The summed E-state index contributed by atoms with van der Waals surface area (Å²) in [5, 5.41) is 8.64. The molecule has 1 saturated heterocycles. The van der Waals surface area contributed by atoms with Gasteiger partial charge in [0.05, 0.1) is 11.5 Å². The standard InChI is InChI=1S/C13H18N2O6S/c1-8-10(7-11(21-8)22(19,20)14-2)12(16)15-5-3-9(4-6-15)13(17)18/h7,9,14H,3-6H2,1-2H3,(H,17,18). The number of hydrogen-bond donors (Lipinski definition) is 2. The van der Waals surface area contributed by atoms with Crippen LogP contribution in [-0.4, -0.2) is 50.4 Å². The van der Waals surface area contributed by atoms with Gasteiger partial charge in [0, 0.05) is 19.2 Å². The summed E-state index contributed by atoms with van der Waals surface area (Å²) in [6.07, 6.45) is 0.777. The van der Waals surface area contributed by atoms with E-state index in [1.165, 1.54) is 24.9 Å². The number of likely N-dealkylation sites (tertiary alicyclic amines) is 1. The van der Waals surface area contributed by atoms with Crippen molar-refractivity contribution >= 4 is 21.9 Å². The van der Waals surface area contributed by atoms with Gasteiger partial charge in [-0.1, -0.05) is 0 Å². The summed E-state index contributed by atoms with van der Waals surface area (Å²) in [5.74, 6) is -1.41. The molecule has 0 spiro atoms. The normalized spacial score (nSPS) is 16.7. The minimum atomic E-state index is -3.75. The molecule has 1 amide bonds. The summed E-state index contributed by atoms with van der Waals surface area (Å²) in [6, 6.07) is 1.20. The largest absolute Gasteiger partial charge is 0.481 e. The molecule has 0 bridgehead atoms. The molecule has 0 aliphatic carbocycles. The van der Waals surface area contributed by atoms with Crippen molar-refractivity contribution in [2.45, 2.75) is 24.9 Å². The highest BCUT2D eigenvalue weighted by molar-refractivity contribution is 7.89. The fraction of sp³-hybridized carbons (Fsp3) is 0.538. The molecule has 1 aliphatic rings. The van der Waals surface area contributed by atoms with Gasteiger partial charge in [0.15, 0.2) is 0 Å². The molecule has 122 valence electrons. The number of piperidine rings is 1. The highest BCUT2D eigenvalue weighted by Crippen LogP contribution is 2.23. The minimum Gasteiger partial charge on any atom is -0.481 e. The molecule has 22 heavy (non-hydrogen) atoms. The molecule has 0 radical (unpaired) electrons. The third-order valence-electron chi connectivity index (χ3n) is 3.79. The number of rotatable bonds is 4. The quantitative estimate of drug-likeness (QED) is 0.827. The number of hydrogen-bond acceptors (Lipinski definition) is 5. The van der Waals surface area contributed by atoms with Gasteiger partial charge >= 0.3 is 5.97 Å². The molecule has 0 saturated carbocycles. The second kappa shape index (κ2) is 6.09. The van der Waals surface area contributed by atoms with Gasteiger partial charge in [-0.05, 0) is 26.8 Å². The number of nitrogens with one attached hydrogen (secondary N) is 1. The van der Waals surface area contributed by atoms with Crippen molar-refractivity contribution < 1.29 is 27.5 Å². The maximum Gasteiger partial charge on any atom is 0.306 e. The van der Waals surface area contributed by atoms with Crippen LogP contribution in [0.25, 0.3) is 0 Å². The maximum atomic E-state index is 12.4. The number of carboxylic acid groups (broad SMARTS) is 1. The van der Waals surface area contributed by atoms with E-state index in [2.05, 4.69) is 4.72 Å². The molecule has 1 fully saturated rings. The summed E-state index contributed by atoms with van der Waals surface area (Å²) in [4.78, 5) is 24.9. The number of sulfonamides is 1. The molecule has 2 rings (SSSR count). The predicted molar refractivity (Wildman–Crippen MR) is 76.0 cm³/mol. The molecule has 8 nitrogen and oxygen atoms in total. The van der Waals surface area contributed by atoms with Crippen LogP contribution in [0.15, 0.2) is 15.6 Å². The van der Waals surface area contributed by atoms with E-state index in [1.807, 2.05) is 0 Å². The summed E-state index contributed by atoms with van der Waals surface area (Å²) < 4.78 is 30.6. The lowest BCUT2D eigenvalue weighted by Gasteiger charge is -2.29. The Balaban J connectivity index is 2.16. The van der Waals surface area contributed by atoms with Crippen molar-refractivity contribution in [1.29, 1.82) is 0 Å². The van der Waals surface area contributed by atoms with E-state index in [9.17, 15) is 18.0 Å². The molecule has 1 aromatic rings. The van der Waals surface area contributed by atoms with Crippen molar-refractivity contribution in [3.05, 3.63) is 17.4 Å². The highest BCUT2D eigenvalue weighted by Gasteiger charge is 2.30. The first-order valence-corrected chi connectivity index (χ1v) is 8.30. The van der Waals surface area contributed by atoms with E-state index < -0.39 is 21.9 Å². The van der Waals surface area contributed by atoms with Gasteiger partial charge in [0.25, 0.3) is 15.9 Å². The fourth-order valence-electron chi connectivity index (χ4n) is 2.40. The summed E-state index contributed by atoms with van der Waals surface area (Å²) in [7, 11) is -2.49. The lowest BCUT2D eigenvalue weighted by atomic mass is 9.96. The lowest BCUT2D eigenvalue weighted by Crippen LogP contribution is -2.40. The summed E-state index contributed by atoms with van der Waals surface area (Å²) >= 11 is 0. The van der Waals surface area contributed by atoms with Crippen LogP contribution in [0.1, 0.15) is 29.0 Å². The van der Waals surface area contributed by atoms with E-state index in [4.69, 9.17) is 9.52 Å². The number of aryl methyl sites for hydroxylation is 1. The van der Waals surface area contributed by atoms with Gasteiger partial charge < -0.3 is 14.4 Å². The van der Waals surface area contributed by atoms with Crippen LogP contribution in [0.3, 0.4) is 0 Å². The Morgan fingerprint density at radius 2 is 1.95 bits per heavy atom. The zero-order valence-corrected chi connectivity index (χ0v) is 13.1. The lowest BCUT2D eigenvalue weighted by molar-refractivity contribution is -0.143. The first kappa shape index (κ1) is 16.5. The highest BCUT2D eigenvalue weighted by atomic mass is 32.2. The molecular weight excluding hydrogens is 312 g/mol. The first-order chi connectivity index (χ1) is 10.3. The van der Waals surface area contributed by atoms with Crippen molar-refractivity contribution in [3.63, 3.8) is 0 Å². The number of amides is 1. The number of carboxylic acids is 1. The maximum absolute atomic E-state index is 12.4. The van der Waals surface area contributed by atoms with Crippen molar-refractivity contribution in [2.75, 3.05) is 20.1 Å². The van der Waals surface area contributed by atoms with Gasteiger partial charge in [-0.2, -0.15) is 0 Å². The second-order valence-corrected chi connectivity index (χ2v) is 6.97. The molecule has 0 unspecified atom stereocenters. The van der Waals surface area contributed by atoms with Crippen LogP contribution < -0.4 is 4.72 Å². The number of aliphatic carboxylic acids is 1. The van der Waals surface area contributed by atoms with Gasteiger partial charge in [-0.15, -0.1) is 0 Å². The van der Waals surface area contributed by atoms with Crippen molar-refractivity contribution in [2.24, 2.45) is 5.92 Å². The Bertz CT molecular complexity index is 685. The average molecular weight is 330 g/mol. The van der Waals surface area contributed by atoms with Crippen LogP contribution in [0, 0.1) is 12.8 Å². The second-order valence-electron chi connectivity index (χ2n) is 5.15. The molecule has 0 aromatic carbocycles. The number of furan rings is 1. The van der Waals surface area contributed by atoms with Crippen LogP contribution in [0.5, 0.6) is 0 Å². The van der Waals surface area contributed by atoms with E-state index in [1.54, 1.807) is 0 Å². The van der Waals surface area contributed by atoms with Crippen LogP contribution >= 0.6 is 0 Å².